The number of hydrogen-bond donors (Lipinski definition) is 2. The number of Topliss-reactive ketones (excluding diaryl/α,β-unsaturated/α-hetero) is 1. The number of aliphatic carboxylic acids is 1. The SMILES string of the molecule is C[C@@H](CC(=O)[C@@H](N)CC(=O)O)Cc1ccccc1. The molecular weight excluding hydrogens is 230 g/mol. The maximum absolute atomic E-state index is 11.7. The largest absolute Gasteiger partial charge is 0.481 e. The van der Waals surface area contributed by atoms with Gasteiger partial charge >= 0.3 is 5.97 Å². The fourth-order valence-corrected chi connectivity index (χ4v) is 1.89. The topological polar surface area (TPSA) is 80.4 Å². The van der Waals surface area contributed by atoms with E-state index >= 15 is 0 Å². The zero-order valence-corrected chi connectivity index (χ0v) is 10.5. The fraction of sp³-hybridized carbons (Fsp3) is 0.429. The summed E-state index contributed by atoms with van der Waals surface area (Å²) >= 11 is 0. The molecule has 0 bridgehead atoms. The predicted molar refractivity (Wildman–Crippen MR) is 69.2 cm³/mol. The van der Waals surface area contributed by atoms with Crippen LogP contribution in [0.1, 0.15) is 25.3 Å². The third-order valence-corrected chi connectivity index (χ3v) is 2.78. The number of carbonyl (C=O) groups excluding carboxylic acids is 1. The van der Waals surface area contributed by atoms with Crippen LogP contribution in [0, 0.1) is 5.92 Å². The van der Waals surface area contributed by atoms with E-state index in [2.05, 4.69) is 0 Å². The van der Waals surface area contributed by atoms with Gasteiger partial charge in [0.05, 0.1) is 12.5 Å². The Morgan fingerprint density at radius 2 is 1.83 bits per heavy atom. The molecule has 0 amide bonds. The Morgan fingerprint density at radius 3 is 2.39 bits per heavy atom. The molecule has 0 aliphatic heterocycles. The molecule has 0 unspecified atom stereocenters. The highest BCUT2D eigenvalue weighted by Crippen LogP contribution is 2.13. The number of nitrogens with two attached hydrogens (primary N) is 1. The summed E-state index contributed by atoms with van der Waals surface area (Å²) in [5, 5.41) is 8.57. The number of benzene rings is 1. The Labute approximate surface area is 107 Å². The molecule has 0 radical (unpaired) electrons. The highest BCUT2D eigenvalue weighted by atomic mass is 16.4. The van der Waals surface area contributed by atoms with E-state index in [0.29, 0.717) is 6.42 Å². The van der Waals surface area contributed by atoms with Gasteiger partial charge in [-0.2, -0.15) is 0 Å². The van der Waals surface area contributed by atoms with Crippen molar-refractivity contribution in [1.29, 1.82) is 0 Å². The fourth-order valence-electron chi connectivity index (χ4n) is 1.89. The Morgan fingerprint density at radius 1 is 1.22 bits per heavy atom. The van der Waals surface area contributed by atoms with E-state index in [-0.39, 0.29) is 18.1 Å². The molecule has 4 nitrogen and oxygen atoms in total. The standard InChI is InChI=1S/C14H19NO3/c1-10(7-11-5-3-2-4-6-11)8-13(16)12(15)9-14(17)18/h2-6,10,12H,7-9,15H2,1H3,(H,17,18)/t10-,12+/m1/s1. The molecule has 0 aliphatic rings. The first-order valence-corrected chi connectivity index (χ1v) is 6.03. The smallest absolute Gasteiger partial charge is 0.305 e. The Kier molecular flexibility index (Phi) is 5.52. The summed E-state index contributed by atoms with van der Waals surface area (Å²) in [5.41, 5.74) is 6.70. The van der Waals surface area contributed by atoms with E-state index in [1.807, 2.05) is 37.3 Å². The number of ketones is 1. The lowest BCUT2D eigenvalue weighted by Gasteiger charge is -2.13. The Hall–Kier alpha value is -1.68. The van der Waals surface area contributed by atoms with Crippen molar-refractivity contribution in [2.75, 3.05) is 0 Å². The van der Waals surface area contributed by atoms with Crippen molar-refractivity contribution in [2.24, 2.45) is 11.7 Å². The lowest BCUT2D eigenvalue weighted by Crippen LogP contribution is -2.34. The van der Waals surface area contributed by atoms with Gasteiger partial charge < -0.3 is 10.8 Å². The number of carboxylic acids is 1. The van der Waals surface area contributed by atoms with Gasteiger partial charge in [-0.3, -0.25) is 9.59 Å². The van der Waals surface area contributed by atoms with Crippen LogP contribution < -0.4 is 5.73 Å². The minimum absolute atomic E-state index is 0.166. The molecule has 0 spiro atoms. The van der Waals surface area contributed by atoms with E-state index in [9.17, 15) is 9.59 Å². The van der Waals surface area contributed by atoms with E-state index < -0.39 is 12.0 Å². The molecule has 0 saturated carbocycles. The van der Waals surface area contributed by atoms with Gasteiger partial charge in [0.2, 0.25) is 0 Å². The molecule has 3 N–H and O–H groups in total. The lowest BCUT2D eigenvalue weighted by molar-refractivity contribution is -0.139. The molecular formula is C14H19NO3. The molecule has 0 aromatic heterocycles. The van der Waals surface area contributed by atoms with Crippen molar-refractivity contribution < 1.29 is 14.7 Å². The molecule has 1 aromatic carbocycles. The van der Waals surface area contributed by atoms with Gasteiger partial charge in [0.25, 0.3) is 0 Å². The highest BCUT2D eigenvalue weighted by molar-refractivity contribution is 5.87. The van der Waals surface area contributed by atoms with Gasteiger partial charge in [0.1, 0.15) is 5.78 Å². The monoisotopic (exact) mass is 249 g/mol. The van der Waals surface area contributed by atoms with E-state index in [1.165, 1.54) is 5.56 Å². The highest BCUT2D eigenvalue weighted by Gasteiger charge is 2.19. The molecule has 98 valence electrons. The summed E-state index contributed by atoms with van der Waals surface area (Å²) in [6.07, 6.45) is 0.826. The van der Waals surface area contributed by atoms with Crippen molar-refractivity contribution in [2.45, 2.75) is 32.2 Å². The maximum atomic E-state index is 11.7. The number of hydrogen-bond acceptors (Lipinski definition) is 3. The summed E-state index contributed by atoms with van der Waals surface area (Å²) in [6.45, 7) is 1.97. The minimum atomic E-state index is -1.04. The molecule has 4 heteroatoms. The third-order valence-electron chi connectivity index (χ3n) is 2.78. The van der Waals surface area contributed by atoms with E-state index in [1.54, 1.807) is 0 Å². The van der Waals surface area contributed by atoms with E-state index in [0.717, 1.165) is 6.42 Å². The number of carbonyl (C=O) groups is 2. The first kappa shape index (κ1) is 14.4. The van der Waals surface area contributed by atoms with Crippen LogP contribution in [0.25, 0.3) is 0 Å². The average Bonchev–Trinajstić information content (AvgIpc) is 2.29. The zero-order valence-electron chi connectivity index (χ0n) is 10.5. The second-order valence-electron chi connectivity index (χ2n) is 4.67. The van der Waals surface area contributed by atoms with Gasteiger partial charge in [0, 0.05) is 6.42 Å². The molecule has 0 saturated heterocycles. The van der Waals surface area contributed by atoms with Crippen LogP contribution >= 0.6 is 0 Å². The van der Waals surface area contributed by atoms with Crippen molar-refractivity contribution in [1.82, 2.24) is 0 Å². The number of rotatable bonds is 7. The van der Waals surface area contributed by atoms with Crippen LogP contribution in [0.4, 0.5) is 0 Å². The normalized spacial score (nSPS) is 13.9. The van der Waals surface area contributed by atoms with Crippen LogP contribution in [-0.2, 0) is 16.0 Å². The van der Waals surface area contributed by atoms with Crippen molar-refractivity contribution in [3.8, 4) is 0 Å². The van der Waals surface area contributed by atoms with Gasteiger partial charge in [-0.25, -0.2) is 0 Å². The summed E-state index contributed by atoms with van der Waals surface area (Å²) in [6, 6.07) is 9.00. The van der Waals surface area contributed by atoms with Crippen molar-refractivity contribution in [3.63, 3.8) is 0 Å². The summed E-state index contributed by atoms with van der Waals surface area (Å²) in [4.78, 5) is 22.1. The molecule has 0 aliphatic carbocycles. The number of carboxylic acid groups (broad SMARTS) is 1. The quantitative estimate of drug-likeness (QED) is 0.769. The molecule has 18 heavy (non-hydrogen) atoms. The maximum Gasteiger partial charge on any atom is 0.305 e. The zero-order chi connectivity index (χ0) is 13.5. The minimum Gasteiger partial charge on any atom is -0.481 e. The Balaban J connectivity index is 2.42. The van der Waals surface area contributed by atoms with Crippen molar-refractivity contribution >= 4 is 11.8 Å². The first-order chi connectivity index (χ1) is 8.49. The molecule has 2 atom stereocenters. The summed E-state index contributed by atoms with van der Waals surface area (Å²) in [5.74, 6) is -1.05. The van der Waals surface area contributed by atoms with Crippen LogP contribution in [-0.4, -0.2) is 22.9 Å². The third kappa shape index (κ3) is 5.10. The summed E-state index contributed by atoms with van der Waals surface area (Å²) in [7, 11) is 0. The summed E-state index contributed by atoms with van der Waals surface area (Å²) < 4.78 is 0. The van der Waals surface area contributed by atoms with Crippen LogP contribution in [0.3, 0.4) is 0 Å². The molecule has 0 fully saturated rings. The van der Waals surface area contributed by atoms with Crippen LogP contribution in [0.15, 0.2) is 30.3 Å². The molecule has 0 heterocycles. The first-order valence-electron chi connectivity index (χ1n) is 6.03. The molecule has 1 aromatic rings. The van der Waals surface area contributed by atoms with Crippen LogP contribution in [0.5, 0.6) is 0 Å². The van der Waals surface area contributed by atoms with Crippen molar-refractivity contribution in [3.05, 3.63) is 35.9 Å². The van der Waals surface area contributed by atoms with Crippen LogP contribution in [0.2, 0.25) is 0 Å². The Bertz CT molecular complexity index is 403. The molecule has 1 rings (SSSR count). The lowest BCUT2D eigenvalue weighted by atomic mass is 9.93. The van der Waals surface area contributed by atoms with E-state index in [4.69, 9.17) is 10.8 Å². The van der Waals surface area contributed by atoms with Gasteiger partial charge in [-0.1, -0.05) is 37.3 Å². The predicted octanol–water partition coefficient (Wildman–Crippen LogP) is 1.63. The van der Waals surface area contributed by atoms with Gasteiger partial charge in [0.15, 0.2) is 0 Å². The van der Waals surface area contributed by atoms with Gasteiger partial charge in [-0.15, -0.1) is 0 Å². The second-order valence-corrected chi connectivity index (χ2v) is 4.67. The van der Waals surface area contributed by atoms with Gasteiger partial charge in [-0.05, 0) is 17.9 Å². The second kappa shape index (κ2) is 6.91. The average molecular weight is 249 g/mol.